The van der Waals surface area contributed by atoms with Crippen LogP contribution in [0.5, 0.6) is 0 Å². The van der Waals surface area contributed by atoms with Gasteiger partial charge in [0.25, 0.3) is 0 Å². The van der Waals surface area contributed by atoms with Gasteiger partial charge in [-0.05, 0) is 37.6 Å². The maximum Gasteiger partial charge on any atom is 0.237 e. The third kappa shape index (κ3) is 6.98. The van der Waals surface area contributed by atoms with Crippen LogP contribution in [0.4, 0.5) is 0 Å². The Morgan fingerprint density at radius 2 is 1.42 bits per heavy atom. The molecular formula is C22H33N3O. The molecule has 1 atom stereocenters. The van der Waals surface area contributed by atoms with E-state index in [1.54, 1.807) is 0 Å². The van der Waals surface area contributed by atoms with Gasteiger partial charge >= 0.3 is 0 Å². The van der Waals surface area contributed by atoms with Crippen molar-refractivity contribution in [3.05, 3.63) is 71.8 Å². The summed E-state index contributed by atoms with van der Waals surface area (Å²) in [5.74, 6) is 0.0206. The molecule has 2 aromatic carbocycles. The summed E-state index contributed by atoms with van der Waals surface area (Å²) < 4.78 is 0. The van der Waals surface area contributed by atoms with Crippen LogP contribution in [0.15, 0.2) is 60.7 Å². The molecule has 0 bridgehead atoms. The first-order valence-corrected chi connectivity index (χ1v) is 9.54. The Bertz CT molecular complexity index is 562. The van der Waals surface area contributed by atoms with Gasteiger partial charge in [-0.2, -0.15) is 0 Å². The lowest BCUT2D eigenvalue weighted by Gasteiger charge is -2.23. The number of likely N-dealkylation sites (N-methyl/N-ethyl adjacent to an activating group) is 1. The van der Waals surface area contributed by atoms with Gasteiger partial charge in [0.1, 0.15) is 0 Å². The van der Waals surface area contributed by atoms with Crippen molar-refractivity contribution in [3.63, 3.8) is 0 Å². The van der Waals surface area contributed by atoms with Gasteiger partial charge in [0.15, 0.2) is 0 Å². The highest BCUT2D eigenvalue weighted by molar-refractivity contribution is 5.82. The maximum absolute atomic E-state index is 12.7. The van der Waals surface area contributed by atoms with Gasteiger partial charge in [0, 0.05) is 0 Å². The molecule has 1 unspecified atom stereocenters. The zero-order valence-corrected chi connectivity index (χ0v) is 16.2. The standard InChI is InChI=1S/C20H27N3O.C2H6/c1-22-18(14-8-9-15-21)20(24)23-19(16-10-4-2-5-11-16)17-12-6-3-7-13-17;1-2/h2-7,10-13,18-19,22H,8-9,14-15,21H2,1H3,(H,23,24);1-2H3. The Morgan fingerprint density at radius 1 is 0.923 bits per heavy atom. The summed E-state index contributed by atoms with van der Waals surface area (Å²) in [4.78, 5) is 12.7. The fourth-order valence-electron chi connectivity index (χ4n) is 2.79. The number of nitrogens with two attached hydrogens (primary N) is 1. The molecule has 4 N–H and O–H groups in total. The second-order valence-corrected chi connectivity index (χ2v) is 5.89. The molecule has 0 aromatic heterocycles. The Morgan fingerprint density at radius 3 is 1.85 bits per heavy atom. The molecule has 0 saturated heterocycles. The van der Waals surface area contributed by atoms with Crippen LogP contribution in [0.2, 0.25) is 0 Å². The number of amides is 1. The van der Waals surface area contributed by atoms with Gasteiger partial charge in [-0.15, -0.1) is 0 Å². The summed E-state index contributed by atoms with van der Waals surface area (Å²) in [5.41, 5.74) is 7.70. The summed E-state index contributed by atoms with van der Waals surface area (Å²) in [5, 5.41) is 6.31. The Balaban J connectivity index is 0.00000163. The minimum absolute atomic E-state index is 0.0206. The van der Waals surface area contributed by atoms with Crippen molar-refractivity contribution in [2.24, 2.45) is 5.73 Å². The number of carbonyl (C=O) groups is 1. The monoisotopic (exact) mass is 355 g/mol. The van der Waals surface area contributed by atoms with E-state index in [2.05, 4.69) is 10.6 Å². The van der Waals surface area contributed by atoms with Crippen molar-refractivity contribution in [1.29, 1.82) is 0 Å². The molecule has 0 aliphatic carbocycles. The predicted octanol–water partition coefficient (Wildman–Crippen LogP) is 3.64. The Hall–Kier alpha value is -2.17. The van der Waals surface area contributed by atoms with Crippen LogP contribution < -0.4 is 16.4 Å². The SMILES string of the molecule is CC.CNC(CCCCN)C(=O)NC(c1ccccc1)c1ccccc1. The van der Waals surface area contributed by atoms with Crippen molar-refractivity contribution in [2.75, 3.05) is 13.6 Å². The van der Waals surface area contributed by atoms with Crippen molar-refractivity contribution in [1.82, 2.24) is 10.6 Å². The topological polar surface area (TPSA) is 67.1 Å². The Labute approximate surface area is 158 Å². The van der Waals surface area contributed by atoms with Crippen LogP contribution in [-0.2, 0) is 4.79 Å². The highest BCUT2D eigenvalue weighted by atomic mass is 16.2. The quantitative estimate of drug-likeness (QED) is 0.602. The van der Waals surface area contributed by atoms with E-state index in [1.165, 1.54) is 0 Å². The van der Waals surface area contributed by atoms with Gasteiger partial charge in [0.2, 0.25) is 5.91 Å². The van der Waals surface area contributed by atoms with Gasteiger partial charge in [-0.25, -0.2) is 0 Å². The highest BCUT2D eigenvalue weighted by Gasteiger charge is 2.21. The molecule has 0 fully saturated rings. The van der Waals surface area contributed by atoms with Crippen LogP contribution >= 0.6 is 0 Å². The fourth-order valence-corrected chi connectivity index (χ4v) is 2.79. The molecule has 0 aliphatic heterocycles. The molecule has 0 aliphatic rings. The molecule has 0 radical (unpaired) electrons. The first-order chi connectivity index (χ1) is 12.8. The average Bonchev–Trinajstić information content (AvgIpc) is 2.72. The number of unbranched alkanes of at least 4 members (excludes halogenated alkanes) is 1. The number of carbonyl (C=O) groups excluding carboxylic acids is 1. The minimum atomic E-state index is -0.202. The summed E-state index contributed by atoms with van der Waals surface area (Å²) >= 11 is 0. The van der Waals surface area contributed by atoms with E-state index in [4.69, 9.17) is 5.73 Å². The van der Waals surface area contributed by atoms with Gasteiger partial charge in [0.05, 0.1) is 12.1 Å². The van der Waals surface area contributed by atoms with E-state index in [1.807, 2.05) is 81.6 Å². The lowest BCUT2D eigenvalue weighted by Crippen LogP contribution is -2.44. The molecule has 4 heteroatoms. The van der Waals surface area contributed by atoms with Gasteiger partial charge < -0.3 is 16.4 Å². The van der Waals surface area contributed by atoms with Crippen molar-refractivity contribution >= 4 is 5.91 Å². The third-order valence-corrected chi connectivity index (χ3v) is 4.16. The summed E-state index contributed by atoms with van der Waals surface area (Å²) in [7, 11) is 1.83. The molecule has 0 heterocycles. The molecule has 2 rings (SSSR count). The second kappa shape index (κ2) is 13.1. The van der Waals surface area contributed by atoms with E-state index in [0.717, 1.165) is 30.4 Å². The molecular weight excluding hydrogens is 322 g/mol. The first-order valence-electron chi connectivity index (χ1n) is 9.54. The molecule has 26 heavy (non-hydrogen) atoms. The van der Waals surface area contributed by atoms with Crippen LogP contribution in [0.3, 0.4) is 0 Å². The molecule has 1 amide bonds. The fraction of sp³-hybridized carbons (Fsp3) is 0.409. The van der Waals surface area contributed by atoms with Crippen LogP contribution in [0.1, 0.15) is 50.3 Å². The maximum atomic E-state index is 12.7. The predicted molar refractivity (Wildman–Crippen MR) is 110 cm³/mol. The van der Waals surface area contributed by atoms with E-state index in [9.17, 15) is 4.79 Å². The van der Waals surface area contributed by atoms with E-state index in [-0.39, 0.29) is 18.0 Å². The highest BCUT2D eigenvalue weighted by Crippen LogP contribution is 2.22. The third-order valence-electron chi connectivity index (χ3n) is 4.16. The second-order valence-electron chi connectivity index (χ2n) is 5.89. The molecule has 4 nitrogen and oxygen atoms in total. The number of rotatable bonds is 9. The molecule has 142 valence electrons. The van der Waals surface area contributed by atoms with E-state index in [0.29, 0.717) is 6.54 Å². The summed E-state index contributed by atoms with van der Waals surface area (Å²) in [6, 6.07) is 19.8. The lowest BCUT2D eigenvalue weighted by atomic mass is 9.98. The number of hydrogen-bond acceptors (Lipinski definition) is 3. The number of hydrogen-bond donors (Lipinski definition) is 3. The number of benzene rings is 2. The van der Waals surface area contributed by atoms with Crippen molar-refractivity contribution < 1.29 is 4.79 Å². The molecule has 2 aromatic rings. The molecule has 0 saturated carbocycles. The van der Waals surface area contributed by atoms with E-state index >= 15 is 0 Å². The lowest BCUT2D eigenvalue weighted by molar-refractivity contribution is -0.123. The normalized spacial score (nSPS) is 11.4. The zero-order chi connectivity index (χ0) is 19.2. The van der Waals surface area contributed by atoms with Gasteiger partial charge in [-0.1, -0.05) is 80.9 Å². The smallest absolute Gasteiger partial charge is 0.237 e. The largest absolute Gasteiger partial charge is 0.344 e. The summed E-state index contributed by atoms with van der Waals surface area (Å²) in [6.45, 7) is 4.66. The van der Waals surface area contributed by atoms with Crippen LogP contribution in [-0.4, -0.2) is 25.5 Å². The summed E-state index contributed by atoms with van der Waals surface area (Å²) in [6.07, 6.45) is 2.67. The number of nitrogens with one attached hydrogen (secondary N) is 2. The van der Waals surface area contributed by atoms with Crippen molar-refractivity contribution in [3.8, 4) is 0 Å². The van der Waals surface area contributed by atoms with Gasteiger partial charge in [-0.3, -0.25) is 4.79 Å². The first kappa shape index (κ1) is 21.9. The van der Waals surface area contributed by atoms with Crippen molar-refractivity contribution in [2.45, 2.75) is 45.2 Å². The molecule has 0 spiro atoms. The zero-order valence-electron chi connectivity index (χ0n) is 16.2. The Kier molecular flexibility index (Phi) is 11.0. The minimum Gasteiger partial charge on any atom is -0.344 e. The average molecular weight is 356 g/mol. The van der Waals surface area contributed by atoms with Crippen LogP contribution in [0, 0.1) is 0 Å². The van der Waals surface area contributed by atoms with Crippen LogP contribution in [0.25, 0.3) is 0 Å². The van der Waals surface area contributed by atoms with E-state index < -0.39 is 0 Å².